The number of rotatable bonds is 4. The molecule has 16 heavy (non-hydrogen) atoms. The summed E-state index contributed by atoms with van der Waals surface area (Å²) in [5.74, 6) is -0.284. The Kier molecular flexibility index (Phi) is 3.90. The Labute approximate surface area is 94.1 Å². The molecule has 0 aromatic heterocycles. The second-order valence-corrected chi connectivity index (χ2v) is 3.50. The van der Waals surface area contributed by atoms with Crippen molar-refractivity contribution >= 4 is 5.97 Å². The molecular weight excluding hydrogens is 206 g/mol. The van der Waals surface area contributed by atoms with E-state index in [9.17, 15) is 4.79 Å². The van der Waals surface area contributed by atoms with E-state index >= 15 is 0 Å². The highest BCUT2D eigenvalue weighted by Gasteiger charge is 2.09. The summed E-state index contributed by atoms with van der Waals surface area (Å²) >= 11 is 0. The number of hydrogen-bond donors (Lipinski definition) is 1. The van der Waals surface area contributed by atoms with Crippen LogP contribution in [0, 0.1) is 18.3 Å². The summed E-state index contributed by atoms with van der Waals surface area (Å²) in [7, 11) is 1.51. The van der Waals surface area contributed by atoms with Gasteiger partial charge in [-0.2, -0.15) is 5.26 Å². The standard InChI is InChI=1S/C12H13NO3/c1-8-5-9(3-4-11(14)15)6-10(7-13)12(8)16-2/h5-6H,3-4H2,1-2H3,(H,14,15). The van der Waals surface area contributed by atoms with Crippen molar-refractivity contribution in [1.82, 2.24) is 0 Å². The van der Waals surface area contributed by atoms with Crippen LogP contribution in [-0.4, -0.2) is 18.2 Å². The van der Waals surface area contributed by atoms with Crippen LogP contribution < -0.4 is 4.74 Å². The molecule has 0 saturated heterocycles. The van der Waals surface area contributed by atoms with E-state index in [-0.39, 0.29) is 6.42 Å². The number of aryl methyl sites for hydroxylation is 2. The highest BCUT2D eigenvalue weighted by molar-refractivity contribution is 5.67. The van der Waals surface area contributed by atoms with Crippen molar-refractivity contribution in [2.45, 2.75) is 19.8 Å². The van der Waals surface area contributed by atoms with Crippen molar-refractivity contribution < 1.29 is 14.6 Å². The highest BCUT2D eigenvalue weighted by atomic mass is 16.5. The molecular formula is C12H13NO3. The Hall–Kier alpha value is -2.02. The van der Waals surface area contributed by atoms with Gasteiger partial charge in [-0.15, -0.1) is 0 Å². The average molecular weight is 219 g/mol. The lowest BCUT2D eigenvalue weighted by atomic mass is 10.0. The molecule has 0 bridgehead atoms. The third-order valence-electron chi connectivity index (χ3n) is 2.29. The number of carboxylic acids is 1. The van der Waals surface area contributed by atoms with Crippen molar-refractivity contribution in [3.05, 3.63) is 28.8 Å². The van der Waals surface area contributed by atoms with Crippen LogP contribution in [0.1, 0.15) is 23.1 Å². The van der Waals surface area contributed by atoms with E-state index in [0.29, 0.717) is 17.7 Å². The van der Waals surface area contributed by atoms with Crippen molar-refractivity contribution in [2.24, 2.45) is 0 Å². The molecule has 0 aliphatic rings. The summed E-state index contributed by atoms with van der Waals surface area (Å²) in [5.41, 5.74) is 2.14. The molecule has 4 heteroatoms. The first-order valence-electron chi connectivity index (χ1n) is 4.88. The maximum atomic E-state index is 10.4. The lowest BCUT2D eigenvalue weighted by molar-refractivity contribution is -0.136. The zero-order valence-electron chi connectivity index (χ0n) is 9.28. The van der Waals surface area contributed by atoms with Gasteiger partial charge in [-0.3, -0.25) is 4.79 Å². The Bertz CT molecular complexity index is 446. The molecule has 0 amide bonds. The van der Waals surface area contributed by atoms with Crippen LogP contribution in [0.3, 0.4) is 0 Å². The number of nitrogens with zero attached hydrogens (tertiary/aromatic N) is 1. The maximum Gasteiger partial charge on any atom is 0.303 e. The molecule has 1 rings (SSSR count). The minimum atomic E-state index is -0.841. The van der Waals surface area contributed by atoms with Crippen molar-refractivity contribution in [1.29, 1.82) is 5.26 Å². The molecule has 4 nitrogen and oxygen atoms in total. The van der Waals surface area contributed by atoms with Gasteiger partial charge in [0.15, 0.2) is 0 Å². The number of ether oxygens (including phenoxy) is 1. The quantitative estimate of drug-likeness (QED) is 0.839. The van der Waals surface area contributed by atoms with E-state index in [2.05, 4.69) is 0 Å². The maximum absolute atomic E-state index is 10.4. The first-order valence-corrected chi connectivity index (χ1v) is 4.88. The van der Waals surface area contributed by atoms with Crippen LogP contribution in [-0.2, 0) is 11.2 Å². The van der Waals surface area contributed by atoms with Crippen LogP contribution >= 0.6 is 0 Å². The van der Waals surface area contributed by atoms with E-state index < -0.39 is 5.97 Å². The number of carbonyl (C=O) groups is 1. The number of nitriles is 1. The van der Waals surface area contributed by atoms with Gasteiger partial charge >= 0.3 is 5.97 Å². The number of benzene rings is 1. The lowest BCUT2D eigenvalue weighted by Gasteiger charge is -2.09. The monoisotopic (exact) mass is 219 g/mol. The molecule has 0 unspecified atom stereocenters. The van der Waals surface area contributed by atoms with Crippen LogP contribution in [0.4, 0.5) is 0 Å². The van der Waals surface area contributed by atoms with E-state index in [1.165, 1.54) is 7.11 Å². The second kappa shape index (κ2) is 5.17. The normalized spacial score (nSPS) is 9.56. The second-order valence-electron chi connectivity index (χ2n) is 3.50. The van der Waals surface area contributed by atoms with E-state index in [0.717, 1.165) is 11.1 Å². The van der Waals surface area contributed by atoms with E-state index in [1.807, 2.05) is 19.1 Å². The van der Waals surface area contributed by atoms with Gasteiger partial charge in [0.25, 0.3) is 0 Å². The summed E-state index contributed by atoms with van der Waals surface area (Å²) in [5, 5.41) is 17.5. The highest BCUT2D eigenvalue weighted by Crippen LogP contribution is 2.24. The molecule has 0 radical (unpaired) electrons. The van der Waals surface area contributed by atoms with Gasteiger partial charge in [0.2, 0.25) is 0 Å². The van der Waals surface area contributed by atoms with Gasteiger partial charge in [-0.05, 0) is 30.5 Å². The van der Waals surface area contributed by atoms with Gasteiger partial charge in [0, 0.05) is 6.42 Å². The summed E-state index contributed by atoms with van der Waals surface area (Å²) in [6, 6.07) is 5.57. The fourth-order valence-corrected chi connectivity index (χ4v) is 1.60. The smallest absolute Gasteiger partial charge is 0.303 e. The molecule has 0 aliphatic heterocycles. The molecule has 0 heterocycles. The first kappa shape index (κ1) is 12.1. The largest absolute Gasteiger partial charge is 0.495 e. The summed E-state index contributed by atoms with van der Waals surface area (Å²) in [6.07, 6.45) is 0.492. The zero-order valence-corrected chi connectivity index (χ0v) is 9.28. The molecule has 1 N–H and O–H groups in total. The molecule has 0 atom stereocenters. The van der Waals surface area contributed by atoms with Crippen molar-refractivity contribution in [3.63, 3.8) is 0 Å². The predicted octanol–water partition coefficient (Wildman–Crippen LogP) is 1.89. The third-order valence-corrected chi connectivity index (χ3v) is 2.29. The molecule has 1 aromatic rings. The summed E-state index contributed by atoms with van der Waals surface area (Å²) in [4.78, 5) is 10.4. The number of carboxylic acid groups (broad SMARTS) is 1. The third kappa shape index (κ3) is 2.74. The minimum Gasteiger partial charge on any atom is -0.495 e. The minimum absolute atomic E-state index is 0.0661. The van der Waals surface area contributed by atoms with Crippen LogP contribution in [0.15, 0.2) is 12.1 Å². The summed E-state index contributed by atoms with van der Waals surface area (Å²) < 4.78 is 5.11. The molecule has 0 saturated carbocycles. The van der Waals surface area contributed by atoms with Crippen LogP contribution in [0.5, 0.6) is 5.75 Å². The number of methoxy groups -OCH3 is 1. The average Bonchev–Trinajstić information content (AvgIpc) is 2.25. The van der Waals surface area contributed by atoms with E-state index in [4.69, 9.17) is 15.1 Å². The van der Waals surface area contributed by atoms with Gasteiger partial charge in [0.1, 0.15) is 11.8 Å². The molecule has 0 fully saturated rings. The van der Waals surface area contributed by atoms with Gasteiger partial charge in [-0.1, -0.05) is 6.07 Å². The Morgan fingerprint density at radius 2 is 2.25 bits per heavy atom. The predicted molar refractivity (Wildman–Crippen MR) is 58.4 cm³/mol. The fraction of sp³-hybridized carbons (Fsp3) is 0.333. The van der Waals surface area contributed by atoms with Crippen LogP contribution in [0.25, 0.3) is 0 Å². The van der Waals surface area contributed by atoms with Crippen molar-refractivity contribution in [3.8, 4) is 11.8 Å². The van der Waals surface area contributed by atoms with Gasteiger partial charge in [-0.25, -0.2) is 0 Å². The SMILES string of the molecule is COc1c(C)cc(CCC(=O)O)cc1C#N. The Morgan fingerprint density at radius 1 is 1.56 bits per heavy atom. The topological polar surface area (TPSA) is 70.3 Å². The number of hydrogen-bond acceptors (Lipinski definition) is 3. The fourth-order valence-electron chi connectivity index (χ4n) is 1.60. The molecule has 1 aromatic carbocycles. The molecule has 84 valence electrons. The van der Waals surface area contributed by atoms with Gasteiger partial charge in [0.05, 0.1) is 12.7 Å². The molecule has 0 spiro atoms. The molecule has 0 aliphatic carbocycles. The Balaban J connectivity index is 3.02. The number of aliphatic carboxylic acids is 1. The lowest BCUT2D eigenvalue weighted by Crippen LogP contribution is -1.99. The van der Waals surface area contributed by atoms with Crippen molar-refractivity contribution in [2.75, 3.05) is 7.11 Å². The first-order chi connectivity index (χ1) is 7.58. The van der Waals surface area contributed by atoms with Crippen LogP contribution in [0.2, 0.25) is 0 Å². The van der Waals surface area contributed by atoms with Gasteiger partial charge < -0.3 is 9.84 Å². The van der Waals surface area contributed by atoms with E-state index in [1.54, 1.807) is 6.07 Å². The summed E-state index contributed by atoms with van der Waals surface area (Å²) in [6.45, 7) is 1.84. The Morgan fingerprint density at radius 3 is 2.75 bits per heavy atom. The zero-order chi connectivity index (χ0) is 12.1.